The van der Waals surface area contributed by atoms with Gasteiger partial charge in [-0.05, 0) is 30.9 Å². The fourth-order valence-corrected chi connectivity index (χ4v) is 3.70. The number of fused-ring (bicyclic) bond motifs is 2. The van der Waals surface area contributed by atoms with Crippen LogP contribution in [0, 0.1) is 0 Å². The standard InChI is InChI=1S/C17H23N9O4/c1-5-6-20-12-8-13(23-16(22-12)24-25-18)26(7-21-8)15-11-9(29-17(2,3)30-11)10(28-15)14(27)19-4/h7,9-11,15H,5-6H2,1-4H3,(H,19,27)(H,20,22,23)/t9-,10+,11-,15-/m1/s1. The van der Waals surface area contributed by atoms with Gasteiger partial charge in [0.05, 0.1) is 6.33 Å². The van der Waals surface area contributed by atoms with Crippen molar-refractivity contribution in [3.63, 3.8) is 0 Å². The molecule has 2 aromatic heterocycles. The van der Waals surface area contributed by atoms with Crippen LogP contribution >= 0.6 is 0 Å². The summed E-state index contributed by atoms with van der Waals surface area (Å²) in [6, 6.07) is 0. The minimum atomic E-state index is -0.876. The van der Waals surface area contributed by atoms with Crippen molar-refractivity contribution in [3.05, 3.63) is 16.8 Å². The molecule has 13 nitrogen and oxygen atoms in total. The van der Waals surface area contributed by atoms with Gasteiger partial charge in [-0.1, -0.05) is 6.92 Å². The van der Waals surface area contributed by atoms with E-state index < -0.39 is 30.3 Å². The van der Waals surface area contributed by atoms with Gasteiger partial charge in [0.1, 0.15) is 12.2 Å². The maximum atomic E-state index is 12.4. The molecule has 0 bridgehead atoms. The first-order valence-electron chi connectivity index (χ1n) is 9.64. The van der Waals surface area contributed by atoms with Gasteiger partial charge < -0.3 is 24.8 Å². The topological polar surface area (TPSA) is 161 Å². The Hall–Kier alpha value is -2.99. The molecule has 4 atom stereocenters. The first-order valence-corrected chi connectivity index (χ1v) is 9.64. The van der Waals surface area contributed by atoms with Crippen LogP contribution in [-0.4, -0.2) is 63.1 Å². The van der Waals surface area contributed by atoms with Crippen LogP contribution in [0.3, 0.4) is 0 Å². The number of carbonyl (C=O) groups is 1. The van der Waals surface area contributed by atoms with Crippen LogP contribution in [0.4, 0.5) is 11.8 Å². The van der Waals surface area contributed by atoms with E-state index in [0.717, 1.165) is 6.42 Å². The first-order chi connectivity index (χ1) is 14.4. The van der Waals surface area contributed by atoms with Gasteiger partial charge in [0.25, 0.3) is 5.91 Å². The van der Waals surface area contributed by atoms with Crippen LogP contribution in [0.5, 0.6) is 0 Å². The van der Waals surface area contributed by atoms with Gasteiger partial charge in [0.2, 0.25) is 5.95 Å². The van der Waals surface area contributed by atoms with E-state index in [1.807, 2.05) is 6.92 Å². The zero-order valence-electron chi connectivity index (χ0n) is 17.1. The molecule has 0 radical (unpaired) electrons. The molecule has 0 unspecified atom stereocenters. The number of nitrogens with one attached hydrogen (secondary N) is 2. The molecule has 0 saturated carbocycles. The van der Waals surface area contributed by atoms with E-state index in [4.69, 9.17) is 19.7 Å². The summed E-state index contributed by atoms with van der Waals surface area (Å²) in [6.45, 7) is 6.24. The van der Waals surface area contributed by atoms with E-state index in [2.05, 4.69) is 35.6 Å². The Balaban J connectivity index is 1.79. The maximum absolute atomic E-state index is 12.4. The van der Waals surface area contributed by atoms with Crippen LogP contribution in [0.1, 0.15) is 33.4 Å². The second-order valence-electron chi connectivity index (χ2n) is 7.44. The second kappa shape index (κ2) is 7.69. The normalized spacial score (nSPS) is 26.9. The summed E-state index contributed by atoms with van der Waals surface area (Å²) >= 11 is 0. The van der Waals surface area contributed by atoms with E-state index in [9.17, 15) is 4.79 Å². The number of aromatic nitrogens is 4. The molecule has 2 fully saturated rings. The number of likely N-dealkylation sites (N-methyl/N-ethyl adjacent to an activating group) is 1. The average Bonchev–Trinajstić information content (AvgIpc) is 3.36. The number of amides is 1. The van der Waals surface area contributed by atoms with Gasteiger partial charge in [-0.2, -0.15) is 0 Å². The zero-order valence-corrected chi connectivity index (χ0v) is 17.1. The second-order valence-corrected chi connectivity index (χ2v) is 7.44. The third-order valence-electron chi connectivity index (χ3n) is 4.89. The van der Waals surface area contributed by atoms with Crippen LogP contribution in [0.2, 0.25) is 0 Å². The number of carbonyl (C=O) groups excluding carboxylic acids is 1. The van der Waals surface area contributed by atoms with Crippen molar-refractivity contribution < 1.29 is 19.0 Å². The van der Waals surface area contributed by atoms with E-state index >= 15 is 0 Å². The minimum Gasteiger partial charge on any atom is -0.368 e. The van der Waals surface area contributed by atoms with Gasteiger partial charge in [0, 0.05) is 18.5 Å². The molecule has 2 aliphatic rings. The first kappa shape index (κ1) is 20.3. The SMILES string of the molecule is CCCNc1nc(N=[N+]=[N-])nc2c1ncn2[C@@H]1O[C@H](C(=O)NC)[C@H]2OC(C)(C)O[C@H]21. The van der Waals surface area contributed by atoms with Crippen molar-refractivity contribution in [2.45, 2.75) is 57.5 Å². The highest BCUT2D eigenvalue weighted by molar-refractivity contribution is 5.84. The number of ether oxygens (including phenoxy) is 3. The van der Waals surface area contributed by atoms with E-state index in [1.165, 1.54) is 7.05 Å². The van der Waals surface area contributed by atoms with Crippen molar-refractivity contribution in [3.8, 4) is 0 Å². The molecule has 4 heterocycles. The molecule has 30 heavy (non-hydrogen) atoms. The molecule has 13 heteroatoms. The Morgan fingerprint density at radius 3 is 2.83 bits per heavy atom. The van der Waals surface area contributed by atoms with Crippen molar-refractivity contribution in [1.82, 2.24) is 24.8 Å². The van der Waals surface area contributed by atoms with Gasteiger partial charge in [-0.3, -0.25) is 9.36 Å². The number of nitrogens with zero attached hydrogens (tertiary/aromatic N) is 7. The smallest absolute Gasteiger partial charge is 0.251 e. The summed E-state index contributed by atoms with van der Waals surface area (Å²) in [7, 11) is 1.53. The third-order valence-corrected chi connectivity index (χ3v) is 4.89. The molecule has 1 amide bonds. The fourth-order valence-electron chi connectivity index (χ4n) is 3.70. The highest BCUT2D eigenvalue weighted by atomic mass is 16.8. The Morgan fingerprint density at radius 1 is 1.37 bits per heavy atom. The summed E-state index contributed by atoms with van der Waals surface area (Å²) in [6.07, 6.45) is -0.341. The van der Waals surface area contributed by atoms with Gasteiger partial charge in [-0.15, -0.1) is 0 Å². The molecule has 0 spiro atoms. The third kappa shape index (κ3) is 3.41. The number of hydrogen-bond acceptors (Lipinski definition) is 9. The summed E-state index contributed by atoms with van der Waals surface area (Å²) in [5.74, 6) is -0.789. The van der Waals surface area contributed by atoms with Crippen molar-refractivity contribution in [2.75, 3.05) is 18.9 Å². The van der Waals surface area contributed by atoms with Gasteiger partial charge >= 0.3 is 0 Å². The van der Waals surface area contributed by atoms with E-state index in [1.54, 1.807) is 24.7 Å². The van der Waals surface area contributed by atoms with Crippen molar-refractivity contribution in [2.24, 2.45) is 5.11 Å². The Labute approximate surface area is 171 Å². The monoisotopic (exact) mass is 417 g/mol. The highest BCUT2D eigenvalue weighted by Crippen LogP contribution is 2.44. The fraction of sp³-hybridized carbons (Fsp3) is 0.647. The van der Waals surface area contributed by atoms with Crippen LogP contribution in [-0.2, 0) is 19.0 Å². The number of imidazole rings is 1. The maximum Gasteiger partial charge on any atom is 0.251 e. The zero-order chi connectivity index (χ0) is 21.5. The molecule has 2 N–H and O–H groups in total. The molecule has 160 valence electrons. The molecule has 2 aliphatic heterocycles. The number of anilines is 1. The van der Waals surface area contributed by atoms with Gasteiger partial charge in [-0.25, -0.2) is 15.0 Å². The lowest BCUT2D eigenvalue weighted by atomic mass is 10.1. The largest absolute Gasteiger partial charge is 0.368 e. The molecule has 2 aromatic rings. The summed E-state index contributed by atoms with van der Waals surface area (Å²) in [5.41, 5.74) is 9.70. The Bertz CT molecular complexity index is 1020. The lowest BCUT2D eigenvalue weighted by Crippen LogP contribution is -2.41. The van der Waals surface area contributed by atoms with Crippen LogP contribution < -0.4 is 10.6 Å². The summed E-state index contributed by atoms with van der Waals surface area (Å²) < 4.78 is 19.6. The molecule has 2 saturated heterocycles. The highest BCUT2D eigenvalue weighted by Gasteiger charge is 2.58. The van der Waals surface area contributed by atoms with Crippen LogP contribution in [0.25, 0.3) is 21.6 Å². The number of azide groups is 1. The lowest BCUT2D eigenvalue weighted by molar-refractivity contribution is -0.197. The average molecular weight is 417 g/mol. The molecule has 0 aliphatic carbocycles. The van der Waals surface area contributed by atoms with Crippen molar-refractivity contribution >= 4 is 28.8 Å². The molecule has 0 aromatic carbocycles. The summed E-state index contributed by atoms with van der Waals surface area (Å²) in [4.78, 5) is 28.1. The quantitative estimate of drug-likeness (QED) is 0.408. The van der Waals surface area contributed by atoms with Crippen molar-refractivity contribution in [1.29, 1.82) is 0 Å². The minimum absolute atomic E-state index is 0.0494. The predicted octanol–water partition coefficient (Wildman–Crippen LogP) is 1.75. The van der Waals surface area contributed by atoms with Crippen LogP contribution in [0.15, 0.2) is 11.4 Å². The Kier molecular flexibility index (Phi) is 5.20. The number of hydrogen-bond donors (Lipinski definition) is 2. The molecular weight excluding hydrogens is 394 g/mol. The lowest BCUT2D eigenvalue weighted by Gasteiger charge is -2.24. The Morgan fingerprint density at radius 2 is 2.13 bits per heavy atom. The molecular formula is C17H23N9O4. The molecule has 4 rings (SSSR count). The summed E-state index contributed by atoms with van der Waals surface area (Å²) in [5, 5.41) is 9.29. The predicted molar refractivity (Wildman–Crippen MR) is 105 cm³/mol. The van der Waals surface area contributed by atoms with E-state index in [0.29, 0.717) is 23.5 Å². The van der Waals surface area contributed by atoms with Gasteiger partial charge in [0.15, 0.2) is 35.1 Å². The number of rotatable bonds is 6. The van der Waals surface area contributed by atoms with E-state index in [-0.39, 0.29) is 11.9 Å².